The summed E-state index contributed by atoms with van der Waals surface area (Å²) in [7, 11) is 3.20. The first-order chi connectivity index (χ1) is 10.1. The normalized spacial score (nSPS) is 12.0. The molecule has 0 aliphatic heterocycles. The van der Waals surface area contributed by atoms with E-state index < -0.39 is 0 Å². The Morgan fingerprint density at radius 1 is 0.905 bits per heavy atom. The fourth-order valence-electron chi connectivity index (χ4n) is 2.07. The third-order valence-corrected chi connectivity index (χ3v) is 3.89. The number of nitrogens with one attached hydrogen (secondary N) is 1. The minimum atomic E-state index is -0.260. The minimum absolute atomic E-state index is 0.260. The molecule has 0 fully saturated rings. The first-order valence-electron chi connectivity index (χ1n) is 6.23. The second kappa shape index (κ2) is 7.00. The van der Waals surface area contributed by atoms with E-state index >= 15 is 0 Å². The summed E-state index contributed by atoms with van der Waals surface area (Å²) in [6.45, 7) is 0. The van der Waals surface area contributed by atoms with E-state index in [-0.39, 0.29) is 6.04 Å². The summed E-state index contributed by atoms with van der Waals surface area (Å²) in [6.07, 6.45) is 0. The summed E-state index contributed by atoms with van der Waals surface area (Å²) in [5.74, 6) is 7.07. The topological polar surface area (TPSA) is 56.5 Å². The van der Waals surface area contributed by atoms with Crippen molar-refractivity contribution in [3.8, 4) is 11.5 Å². The molecule has 0 spiro atoms. The van der Waals surface area contributed by atoms with Gasteiger partial charge in [-0.3, -0.25) is 5.84 Å². The van der Waals surface area contributed by atoms with Crippen LogP contribution in [0, 0.1) is 0 Å². The number of benzene rings is 2. The predicted molar refractivity (Wildman–Crippen MR) is 85.2 cm³/mol. The van der Waals surface area contributed by atoms with Gasteiger partial charge in [0.05, 0.1) is 30.3 Å². The van der Waals surface area contributed by atoms with Crippen molar-refractivity contribution in [1.82, 2.24) is 5.43 Å². The van der Waals surface area contributed by atoms with Crippen molar-refractivity contribution in [3.63, 3.8) is 0 Å². The molecule has 0 radical (unpaired) electrons. The second-order valence-electron chi connectivity index (χ2n) is 4.42. The van der Waals surface area contributed by atoms with Gasteiger partial charge in [-0.1, -0.05) is 29.3 Å². The maximum absolute atomic E-state index is 6.07. The molecular weight excluding hydrogens is 311 g/mol. The molecule has 6 heteroatoms. The lowest BCUT2D eigenvalue weighted by atomic mass is 9.99. The van der Waals surface area contributed by atoms with E-state index in [2.05, 4.69) is 5.43 Å². The van der Waals surface area contributed by atoms with Crippen LogP contribution in [0.1, 0.15) is 17.2 Å². The summed E-state index contributed by atoms with van der Waals surface area (Å²) in [6, 6.07) is 10.7. The highest BCUT2D eigenvalue weighted by molar-refractivity contribution is 6.42. The molecule has 1 unspecified atom stereocenters. The molecule has 1 atom stereocenters. The maximum atomic E-state index is 6.07. The Kier molecular flexibility index (Phi) is 5.31. The van der Waals surface area contributed by atoms with Crippen molar-refractivity contribution < 1.29 is 9.47 Å². The van der Waals surface area contributed by atoms with Crippen molar-refractivity contribution in [2.24, 2.45) is 5.84 Å². The molecule has 21 heavy (non-hydrogen) atoms. The maximum Gasteiger partial charge on any atom is 0.122 e. The van der Waals surface area contributed by atoms with Gasteiger partial charge in [-0.15, -0.1) is 0 Å². The molecule has 3 N–H and O–H groups in total. The lowest BCUT2D eigenvalue weighted by Gasteiger charge is -2.19. The van der Waals surface area contributed by atoms with Crippen LogP contribution in [0.15, 0.2) is 36.4 Å². The van der Waals surface area contributed by atoms with E-state index in [1.165, 1.54) is 0 Å². The molecule has 0 bridgehead atoms. The molecule has 0 aliphatic rings. The molecule has 0 heterocycles. The predicted octanol–water partition coefficient (Wildman–Crippen LogP) is 3.56. The molecule has 0 saturated heterocycles. The summed E-state index contributed by atoms with van der Waals surface area (Å²) in [5.41, 5.74) is 4.56. The molecule has 2 aromatic carbocycles. The highest BCUT2D eigenvalue weighted by atomic mass is 35.5. The Bertz CT molecular complexity index is 613. The Hall–Kier alpha value is -1.46. The zero-order valence-corrected chi connectivity index (χ0v) is 13.2. The summed E-state index contributed by atoms with van der Waals surface area (Å²) in [4.78, 5) is 0. The van der Waals surface area contributed by atoms with Gasteiger partial charge in [0.1, 0.15) is 11.5 Å². The van der Waals surface area contributed by atoms with Crippen LogP contribution < -0.4 is 20.7 Å². The van der Waals surface area contributed by atoms with E-state index in [4.69, 9.17) is 38.5 Å². The Morgan fingerprint density at radius 3 is 2.00 bits per heavy atom. The fraction of sp³-hybridized carbons (Fsp3) is 0.200. The van der Waals surface area contributed by atoms with Crippen LogP contribution in [0.4, 0.5) is 0 Å². The van der Waals surface area contributed by atoms with Crippen LogP contribution in [0.25, 0.3) is 0 Å². The molecule has 2 rings (SSSR count). The average molecular weight is 327 g/mol. The molecular formula is C15H16Cl2N2O2. The van der Waals surface area contributed by atoms with Gasteiger partial charge >= 0.3 is 0 Å². The Labute approximate surface area is 133 Å². The van der Waals surface area contributed by atoms with Gasteiger partial charge in [0.2, 0.25) is 0 Å². The molecule has 0 aliphatic carbocycles. The summed E-state index contributed by atoms with van der Waals surface area (Å²) in [5, 5.41) is 0.976. The van der Waals surface area contributed by atoms with Gasteiger partial charge in [0.25, 0.3) is 0 Å². The van der Waals surface area contributed by atoms with Crippen molar-refractivity contribution in [1.29, 1.82) is 0 Å². The third-order valence-electron chi connectivity index (χ3n) is 3.15. The van der Waals surface area contributed by atoms with E-state index in [1.807, 2.05) is 18.2 Å². The number of hydrazine groups is 1. The Balaban J connectivity index is 2.47. The standard InChI is InChI=1S/C15H16Cl2N2O2/c1-20-11-5-10(6-12(8-11)21-2)15(19-18)9-3-4-13(16)14(17)7-9/h3-8,15,19H,18H2,1-2H3. The van der Waals surface area contributed by atoms with Gasteiger partial charge < -0.3 is 9.47 Å². The first-order valence-corrected chi connectivity index (χ1v) is 6.98. The summed E-state index contributed by atoms with van der Waals surface area (Å²) < 4.78 is 10.5. The van der Waals surface area contributed by atoms with Crippen LogP contribution in [0.5, 0.6) is 11.5 Å². The first kappa shape index (κ1) is 15.9. The van der Waals surface area contributed by atoms with Crippen LogP contribution in [-0.4, -0.2) is 14.2 Å². The van der Waals surface area contributed by atoms with Gasteiger partial charge in [-0.05, 0) is 35.4 Å². The van der Waals surface area contributed by atoms with E-state index in [0.29, 0.717) is 21.5 Å². The number of hydrogen-bond donors (Lipinski definition) is 2. The van der Waals surface area contributed by atoms with E-state index in [1.54, 1.807) is 32.4 Å². The van der Waals surface area contributed by atoms with Crippen LogP contribution in [0.2, 0.25) is 10.0 Å². The number of rotatable bonds is 5. The smallest absolute Gasteiger partial charge is 0.122 e. The molecule has 0 amide bonds. The number of methoxy groups -OCH3 is 2. The quantitative estimate of drug-likeness (QED) is 0.651. The molecule has 0 aromatic heterocycles. The van der Waals surface area contributed by atoms with Crippen molar-refractivity contribution in [3.05, 3.63) is 57.6 Å². The third kappa shape index (κ3) is 3.60. The van der Waals surface area contributed by atoms with Gasteiger partial charge in [0.15, 0.2) is 0 Å². The van der Waals surface area contributed by atoms with E-state index in [9.17, 15) is 0 Å². The number of ether oxygens (including phenoxy) is 2. The number of halogens is 2. The minimum Gasteiger partial charge on any atom is -0.497 e. The molecule has 4 nitrogen and oxygen atoms in total. The average Bonchev–Trinajstić information content (AvgIpc) is 2.51. The summed E-state index contributed by atoms with van der Waals surface area (Å²) >= 11 is 12.0. The SMILES string of the molecule is COc1cc(OC)cc(C(NN)c2ccc(Cl)c(Cl)c2)c1. The second-order valence-corrected chi connectivity index (χ2v) is 5.23. The molecule has 2 aromatic rings. The van der Waals surface area contributed by atoms with Crippen molar-refractivity contribution in [2.45, 2.75) is 6.04 Å². The monoisotopic (exact) mass is 326 g/mol. The number of hydrogen-bond acceptors (Lipinski definition) is 4. The van der Waals surface area contributed by atoms with Crippen molar-refractivity contribution >= 4 is 23.2 Å². The molecule has 0 saturated carbocycles. The van der Waals surface area contributed by atoms with Gasteiger partial charge in [-0.25, -0.2) is 5.43 Å². The molecule has 112 valence electrons. The highest BCUT2D eigenvalue weighted by Crippen LogP contribution is 2.32. The van der Waals surface area contributed by atoms with Gasteiger partial charge in [-0.2, -0.15) is 0 Å². The lowest BCUT2D eigenvalue weighted by Crippen LogP contribution is -2.28. The number of nitrogens with two attached hydrogens (primary N) is 1. The highest BCUT2D eigenvalue weighted by Gasteiger charge is 2.16. The van der Waals surface area contributed by atoms with Crippen LogP contribution in [-0.2, 0) is 0 Å². The fourth-order valence-corrected chi connectivity index (χ4v) is 2.38. The zero-order valence-electron chi connectivity index (χ0n) is 11.7. The zero-order chi connectivity index (χ0) is 15.4. The van der Waals surface area contributed by atoms with Gasteiger partial charge in [0, 0.05) is 6.07 Å². The van der Waals surface area contributed by atoms with E-state index in [0.717, 1.165) is 11.1 Å². The Morgan fingerprint density at radius 2 is 1.52 bits per heavy atom. The van der Waals surface area contributed by atoms with Crippen molar-refractivity contribution in [2.75, 3.05) is 14.2 Å². The van der Waals surface area contributed by atoms with Crippen LogP contribution in [0.3, 0.4) is 0 Å². The largest absolute Gasteiger partial charge is 0.497 e. The lowest BCUT2D eigenvalue weighted by molar-refractivity contribution is 0.392. The van der Waals surface area contributed by atoms with Crippen LogP contribution >= 0.6 is 23.2 Å².